The number of carbonyl (C=O) groups is 7. The van der Waals surface area contributed by atoms with Crippen molar-refractivity contribution in [2.45, 2.75) is 108 Å². The third kappa shape index (κ3) is 14.3. The minimum atomic E-state index is -1.84. The van der Waals surface area contributed by atoms with Gasteiger partial charge in [-0.3, -0.25) is 28.9 Å². The summed E-state index contributed by atoms with van der Waals surface area (Å²) in [5.41, 5.74) is -0.807. The molecule has 5 aliphatic heterocycles. The van der Waals surface area contributed by atoms with Crippen molar-refractivity contribution in [2.75, 3.05) is 60.2 Å². The normalized spacial score (nSPS) is 25.1. The van der Waals surface area contributed by atoms with Crippen LogP contribution in [0.25, 0.3) is 49.3 Å². The molecule has 10 atom stereocenters. The van der Waals surface area contributed by atoms with Gasteiger partial charge in [0.25, 0.3) is 23.6 Å². The SMILES string of the molecule is CN[C@@H]1[C@H](C)O[C@@H](O[C@@H]2C(=O)OCc3cccc4[nH]c5c(c34)COC2[C@@H]2NC(=O)c3csc(n3)/C(=C(/C)OC)NC(=O)[C@H]([C@@H](C)O)NC(=O)c3csc(n3)-c3cc(O)c(-c4nc(C(=O)NCCN6CCOCC6)cs4)nc3-c3csc(n3)[C@H](COC5=O)NC(=O)c3csc2n3)C[C@]1(C)O. The Morgan fingerprint density at radius 1 is 0.838 bits per heavy atom. The van der Waals surface area contributed by atoms with Gasteiger partial charge in [0.2, 0.25) is 5.91 Å². The largest absolute Gasteiger partial charge is 0.506 e. The molecule has 1 unspecified atom stereocenters. The minimum Gasteiger partial charge on any atom is -0.506 e. The van der Waals surface area contributed by atoms with Crippen LogP contribution in [0.4, 0.5) is 0 Å². The number of benzene rings is 1. The first kappa shape index (κ1) is 68.9. The van der Waals surface area contributed by atoms with E-state index < -0.39 is 121 Å². The lowest BCUT2D eigenvalue weighted by Crippen LogP contribution is -2.61. The van der Waals surface area contributed by atoms with E-state index in [0.29, 0.717) is 42.8 Å². The van der Waals surface area contributed by atoms with E-state index in [9.17, 15) is 39.3 Å². The van der Waals surface area contributed by atoms with Crippen LogP contribution in [0.2, 0.25) is 0 Å². The number of pyridine rings is 1. The number of esters is 2. The maximum absolute atomic E-state index is 15.2. The number of H-pyrrole nitrogens is 1. The van der Waals surface area contributed by atoms with Crippen LogP contribution in [-0.4, -0.2) is 205 Å². The van der Waals surface area contributed by atoms with Gasteiger partial charge >= 0.3 is 11.9 Å². The van der Waals surface area contributed by atoms with Gasteiger partial charge < -0.3 is 85.4 Å². The molecule has 10 N–H and O–H groups in total. The lowest BCUT2D eigenvalue weighted by Gasteiger charge is -2.45. The third-order valence-corrected chi connectivity index (χ3v) is 21.7. The number of thiazole rings is 5. The van der Waals surface area contributed by atoms with Crippen LogP contribution in [0.15, 0.2) is 56.9 Å². The Kier molecular flexibility index (Phi) is 20.1. The van der Waals surface area contributed by atoms with Crippen molar-refractivity contribution < 1.29 is 82.0 Å². The molecular formula is C63H66N14O17S5. The maximum Gasteiger partial charge on any atom is 0.355 e. The molecule has 2 fully saturated rings. The van der Waals surface area contributed by atoms with E-state index in [1.807, 2.05) is 0 Å². The average molecular weight is 1450 g/mol. The minimum absolute atomic E-state index is 0.0118. The van der Waals surface area contributed by atoms with E-state index >= 15 is 9.59 Å². The number of methoxy groups -OCH3 is 1. The highest BCUT2D eigenvalue weighted by atomic mass is 32.1. The summed E-state index contributed by atoms with van der Waals surface area (Å²) in [6, 6.07) is 1.40. The summed E-state index contributed by atoms with van der Waals surface area (Å²) in [5, 5.41) is 60.2. The molecule has 99 heavy (non-hydrogen) atoms. The fourth-order valence-corrected chi connectivity index (χ4v) is 16.4. The van der Waals surface area contributed by atoms with Gasteiger partial charge in [0, 0.05) is 81.5 Å². The molecule has 520 valence electrons. The number of likely N-dealkylation sites (N-methyl/N-ethyl adjacent to an activating group) is 1. The number of amides is 5. The molecule has 0 aliphatic carbocycles. The number of cyclic esters (lactones) is 2. The van der Waals surface area contributed by atoms with Gasteiger partial charge in [-0.25, -0.2) is 39.5 Å². The van der Waals surface area contributed by atoms with Crippen LogP contribution in [0.3, 0.4) is 0 Å². The standard InChI is InChI=1S/C63H66N14O17S5/c1-26(78)42-55(84)75-43(27(2)88-6)58-71-38(25-97-58)54(83)76-47-48-49(94-40-17-63(4,87)50(64-5)28(3)93-40)62(86)91-18-29-8-7-9-32-41(29)31(19-90-48)45(66-32)61(85)92-20-33(67-52(81)36-24-99-60(47)72-36)57-68-34(21-96-57)44-30(56-69-37(23-95-56)53(82)74-42)16-39(79)46(73-44)59-70-35(22-98-59)51(80)65-10-11-77-12-14-89-15-13-77/h7-9,16,21-26,28,33,40,42,47-50,64,66,78-79,87H,10-15,17-20H2,1-6H3,(H,65,80)(H,67,81)(H,74,82)(H,75,84)(H,76,83)/b43-27+/t26-,28+,33+,40+,42+,47+,48?,49+,50-,63+/m1/s1. The van der Waals surface area contributed by atoms with Gasteiger partial charge in [-0.05, 0) is 52.4 Å². The molecule has 8 aromatic rings. The second kappa shape index (κ2) is 28.9. The summed E-state index contributed by atoms with van der Waals surface area (Å²) in [6.07, 6.45) is -7.24. The zero-order valence-corrected chi connectivity index (χ0v) is 57.8. The molecule has 7 aromatic heterocycles. The number of morpholine rings is 1. The Hall–Kier alpha value is -8.63. The molecule has 0 radical (unpaired) electrons. The number of allylic oxidation sites excluding steroid dienone is 1. The first-order valence-electron chi connectivity index (χ1n) is 31.2. The van der Waals surface area contributed by atoms with Crippen molar-refractivity contribution in [3.05, 3.63) is 112 Å². The van der Waals surface area contributed by atoms with Crippen LogP contribution in [0.1, 0.15) is 125 Å². The number of aromatic amines is 1. The molecule has 1 aromatic carbocycles. The zero-order chi connectivity index (χ0) is 69.6. The lowest BCUT2D eigenvalue weighted by atomic mass is 9.86. The van der Waals surface area contributed by atoms with Crippen LogP contribution < -0.4 is 31.9 Å². The molecule has 5 aliphatic rings. The number of carbonyl (C=O) groups excluding carboxylic acids is 7. The van der Waals surface area contributed by atoms with E-state index in [1.165, 1.54) is 48.5 Å². The van der Waals surface area contributed by atoms with Crippen molar-refractivity contribution in [2.24, 2.45) is 0 Å². The van der Waals surface area contributed by atoms with Gasteiger partial charge in [0.1, 0.15) is 125 Å². The smallest absolute Gasteiger partial charge is 0.355 e. The second-order valence-electron chi connectivity index (χ2n) is 24.0. The number of ether oxygens (including phenoxy) is 7. The molecule has 36 heteroatoms. The number of fused-ring (bicyclic) bond motifs is 15. The first-order chi connectivity index (χ1) is 47.6. The molecule has 0 spiro atoms. The Morgan fingerprint density at radius 3 is 2.29 bits per heavy atom. The molecule has 5 amide bonds. The quantitative estimate of drug-likeness (QED) is 0.0678. The lowest BCUT2D eigenvalue weighted by molar-refractivity contribution is -0.272. The summed E-state index contributed by atoms with van der Waals surface area (Å²) in [4.78, 5) is 136. The van der Waals surface area contributed by atoms with E-state index in [2.05, 4.69) is 56.7 Å². The van der Waals surface area contributed by atoms with Crippen LogP contribution in [-0.2, 0) is 56.0 Å². The molecule has 12 heterocycles. The Morgan fingerprint density at radius 2 is 1.54 bits per heavy atom. The zero-order valence-electron chi connectivity index (χ0n) is 53.7. The molecule has 13 rings (SSSR count). The van der Waals surface area contributed by atoms with Crippen LogP contribution >= 0.6 is 56.7 Å². The average Bonchev–Trinajstić information content (AvgIpc) is 1.74. The topological polar surface area (TPSA) is 413 Å². The molecular weight excluding hydrogens is 1390 g/mol. The fraction of sp³-hybridized carbons (Fsp3) is 0.413. The number of aliphatic hydroxyl groups excluding tert-OH is 1. The summed E-state index contributed by atoms with van der Waals surface area (Å²) in [7, 11) is 2.99. The number of nitrogens with zero attached hydrogens (tertiary/aromatic N) is 7. The first-order valence-corrected chi connectivity index (χ1v) is 35.6. The van der Waals surface area contributed by atoms with E-state index in [0.717, 1.165) is 69.8 Å². The Bertz CT molecular complexity index is 4480. The van der Waals surface area contributed by atoms with Gasteiger partial charge in [0.05, 0.1) is 50.8 Å². The number of aliphatic hydroxyl groups is 2. The summed E-state index contributed by atoms with van der Waals surface area (Å²) in [6.45, 7) is 8.29. The molecule has 0 saturated carbocycles. The summed E-state index contributed by atoms with van der Waals surface area (Å²) < 4.78 is 43.2. The van der Waals surface area contributed by atoms with E-state index in [1.54, 1.807) is 44.5 Å². The van der Waals surface area contributed by atoms with Gasteiger partial charge in [-0.15, -0.1) is 56.7 Å². The molecule has 12 bridgehead atoms. The number of rotatable bonds is 10. The van der Waals surface area contributed by atoms with Crippen molar-refractivity contribution in [3.63, 3.8) is 0 Å². The third-order valence-electron chi connectivity index (χ3n) is 17.3. The van der Waals surface area contributed by atoms with E-state index in [-0.39, 0.29) is 106 Å². The highest BCUT2D eigenvalue weighted by molar-refractivity contribution is 7.14. The number of aromatic hydroxyl groups is 1. The van der Waals surface area contributed by atoms with Crippen LogP contribution in [0, 0.1) is 0 Å². The van der Waals surface area contributed by atoms with Gasteiger partial charge in [0.15, 0.2) is 12.4 Å². The van der Waals surface area contributed by atoms with Gasteiger partial charge in [-0.2, -0.15) is 0 Å². The number of hydrogen-bond donors (Lipinski definition) is 10. The monoisotopic (exact) mass is 1450 g/mol. The summed E-state index contributed by atoms with van der Waals surface area (Å²) in [5.74, 6) is -6.22. The molecule has 31 nitrogen and oxygen atoms in total. The predicted molar refractivity (Wildman–Crippen MR) is 358 cm³/mol. The number of aromatic nitrogens is 7. The van der Waals surface area contributed by atoms with E-state index in [4.69, 9.17) is 48.1 Å². The fourth-order valence-electron chi connectivity index (χ4n) is 12.2. The summed E-state index contributed by atoms with van der Waals surface area (Å²) >= 11 is 4.86. The van der Waals surface area contributed by atoms with Crippen molar-refractivity contribution in [1.82, 2.24) is 71.7 Å². The number of nitrogens with one attached hydrogen (secondary N) is 7. The highest BCUT2D eigenvalue weighted by Crippen LogP contribution is 2.43. The highest BCUT2D eigenvalue weighted by Gasteiger charge is 2.49. The van der Waals surface area contributed by atoms with Crippen LogP contribution in [0.5, 0.6) is 5.75 Å². The van der Waals surface area contributed by atoms with Gasteiger partial charge in [-0.1, -0.05) is 12.1 Å². The van der Waals surface area contributed by atoms with Crippen molar-refractivity contribution >= 4 is 115 Å². The van der Waals surface area contributed by atoms with Crippen molar-refractivity contribution in [1.29, 1.82) is 0 Å². The predicted octanol–water partition coefficient (Wildman–Crippen LogP) is 4.17. The molecule has 2 saturated heterocycles. The Labute approximate surface area is 583 Å². The second-order valence-corrected chi connectivity index (χ2v) is 28.3. The van der Waals surface area contributed by atoms with Crippen molar-refractivity contribution in [3.8, 4) is 38.4 Å². The Balaban J connectivity index is 0.953. The maximum atomic E-state index is 15.2. The number of hydrogen-bond acceptors (Lipinski definition) is 30.